The van der Waals surface area contributed by atoms with E-state index in [4.69, 9.17) is 0 Å². The molecular weight excluding hydrogens is 227 g/mol. The number of hydrogen-bond donors (Lipinski definition) is 0. The molecule has 0 spiro atoms. The van der Waals surface area contributed by atoms with Gasteiger partial charge in [0, 0.05) is 5.56 Å². The van der Waals surface area contributed by atoms with Gasteiger partial charge in [-0.3, -0.25) is 4.79 Å². The number of aryl methyl sites for hydroxylation is 1. The Hall–Kier alpha value is -2.22. The molecule has 2 aromatic carbocycles. The first-order valence-electron chi connectivity index (χ1n) is 5.70. The Bertz CT molecular complexity index is 582. The minimum absolute atomic E-state index is 0.0840. The molecule has 0 saturated carbocycles. The standard InChI is InChI=1S/C16H13FO/c1-12-5-8-14(9-6-12)16(18)10-7-13-3-2-4-15(17)11-13/h2-11H,1H3/b10-7-. The van der Waals surface area contributed by atoms with Gasteiger partial charge in [0.15, 0.2) is 5.78 Å². The zero-order chi connectivity index (χ0) is 13.0. The molecule has 90 valence electrons. The van der Waals surface area contributed by atoms with Crippen LogP contribution in [0.4, 0.5) is 4.39 Å². The van der Waals surface area contributed by atoms with Crippen molar-refractivity contribution >= 4 is 11.9 Å². The molecule has 1 nitrogen and oxygen atoms in total. The van der Waals surface area contributed by atoms with Crippen molar-refractivity contribution in [2.24, 2.45) is 0 Å². The summed E-state index contributed by atoms with van der Waals surface area (Å²) in [6.07, 6.45) is 3.07. The molecule has 2 aromatic rings. The van der Waals surface area contributed by atoms with Gasteiger partial charge in [0.1, 0.15) is 5.82 Å². The van der Waals surface area contributed by atoms with Crippen molar-refractivity contribution in [2.75, 3.05) is 0 Å². The van der Waals surface area contributed by atoms with Crippen molar-refractivity contribution in [3.63, 3.8) is 0 Å². The molecule has 0 atom stereocenters. The average Bonchev–Trinajstić information content (AvgIpc) is 2.37. The predicted molar refractivity (Wildman–Crippen MR) is 70.9 cm³/mol. The summed E-state index contributed by atoms with van der Waals surface area (Å²) >= 11 is 0. The van der Waals surface area contributed by atoms with Crippen LogP contribution in [0, 0.1) is 12.7 Å². The minimum Gasteiger partial charge on any atom is -0.289 e. The van der Waals surface area contributed by atoms with E-state index < -0.39 is 0 Å². The average molecular weight is 240 g/mol. The van der Waals surface area contributed by atoms with E-state index in [2.05, 4.69) is 0 Å². The van der Waals surface area contributed by atoms with Gasteiger partial charge >= 0.3 is 0 Å². The summed E-state index contributed by atoms with van der Waals surface area (Å²) in [4.78, 5) is 11.8. The molecule has 0 N–H and O–H groups in total. The molecule has 2 heteroatoms. The van der Waals surface area contributed by atoms with Gasteiger partial charge in [-0.1, -0.05) is 48.0 Å². The Balaban J connectivity index is 2.14. The quantitative estimate of drug-likeness (QED) is 0.584. The second-order valence-electron chi connectivity index (χ2n) is 4.12. The van der Waals surface area contributed by atoms with Gasteiger partial charge < -0.3 is 0 Å². The highest BCUT2D eigenvalue weighted by Gasteiger charge is 2.00. The summed E-state index contributed by atoms with van der Waals surface area (Å²) in [5, 5.41) is 0. The topological polar surface area (TPSA) is 17.1 Å². The van der Waals surface area contributed by atoms with Crippen LogP contribution in [-0.2, 0) is 0 Å². The van der Waals surface area contributed by atoms with Gasteiger partial charge in [-0.05, 0) is 30.7 Å². The van der Waals surface area contributed by atoms with E-state index in [-0.39, 0.29) is 11.6 Å². The lowest BCUT2D eigenvalue weighted by Crippen LogP contribution is -1.93. The molecule has 0 aromatic heterocycles. The van der Waals surface area contributed by atoms with E-state index in [9.17, 15) is 9.18 Å². The van der Waals surface area contributed by atoms with Crippen LogP contribution in [0.15, 0.2) is 54.6 Å². The highest BCUT2D eigenvalue weighted by molar-refractivity contribution is 6.06. The number of halogens is 1. The number of benzene rings is 2. The van der Waals surface area contributed by atoms with Gasteiger partial charge in [0.25, 0.3) is 0 Å². The maximum Gasteiger partial charge on any atom is 0.185 e. The van der Waals surface area contributed by atoms with Crippen LogP contribution in [0.25, 0.3) is 6.08 Å². The molecule has 0 aliphatic rings. The monoisotopic (exact) mass is 240 g/mol. The molecule has 0 radical (unpaired) electrons. The Morgan fingerprint density at radius 1 is 1.11 bits per heavy atom. The summed E-state index contributed by atoms with van der Waals surface area (Å²) in [6, 6.07) is 13.5. The predicted octanol–water partition coefficient (Wildman–Crippen LogP) is 4.03. The van der Waals surface area contributed by atoms with Crippen molar-refractivity contribution in [1.82, 2.24) is 0 Å². The summed E-state index contributed by atoms with van der Waals surface area (Å²) in [5.41, 5.74) is 2.42. The minimum atomic E-state index is -0.306. The summed E-state index contributed by atoms with van der Waals surface area (Å²) in [6.45, 7) is 1.97. The Kier molecular flexibility index (Phi) is 3.68. The van der Waals surface area contributed by atoms with Crippen LogP contribution < -0.4 is 0 Å². The zero-order valence-corrected chi connectivity index (χ0v) is 10.1. The number of carbonyl (C=O) groups is 1. The molecular formula is C16H13FO. The van der Waals surface area contributed by atoms with Crippen LogP contribution in [0.1, 0.15) is 21.5 Å². The molecule has 0 heterocycles. The van der Waals surface area contributed by atoms with Crippen LogP contribution in [0.2, 0.25) is 0 Å². The van der Waals surface area contributed by atoms with Gasteiger partial charge in [0.2, 0.25) is 0 Å². The van der Waals surface area contributed by atoms with Crippen LogP contribution in [0.5, 0.6) is 0 Å². The van der Waals surface area contributed by atoms with E-state index in [1.807, 2.05) is 19.1 Å². The first-order chi connectivity index (χ1) is 8.65. The molecule has 0 saturated heterocycles. The molecule has 0 aliphatic heterocycles. The third kappa shape index (κ3) is 3.14. The smallest absolute Gasteiger partial charge is 0.185 e. The van der Waals surface area contributed by atoms with E-state index >= 15 is 0 Å². The van der Waals surface area contributed by atoms with Gasteiger partial charge in [-0.15, -0.1) is 0 Å². The molecule has 2 rings (SSSR count). The lowest BCUT2D eigenvalue weighted by Gasteiger charge is -1.97. The Morgan fingerprint density at radius 2 is 1.83 bits per heavy atom. The lowest BCUT2D eigenvalue weighted by molar-refractivity contribution is 0.104. The van der Waals surface area contributed by atoms with Crippen molar-refractivity contribution in [3.8, 4) is 0 Å². The number of hydrogen-bond acceptors (Lipinski definition) is 1. The van der Waals surface area contributed by atoms with Gasteiger partial charge in [-0.2, -0.15) is 0 Å². The summed E-state index contributed by atoms with van der Waals surface area (Å²) < 4.78 is 12.9. The van der Waals surface area contributed by atoms with E-state index in [0.717, 1.165) is 5.56 Å². The van der Waals surface area contributed by atoms with E-state index in [1.54, 1.807) is 30.3 Å². The summed E-state index contributed by atoms with van der Waals surface area (Å²) in [7, 11) is 0. The fourth-order valence-corrected chi connectivity index (χ4v) is 1.60. The van der Waals surface area contributed by atoms with Gasteiger partial charge in [-0.25, -0.2) is 4.39 Å². The number of carbonyl (C=O) groups excluding carboxylic acids is 1. The largest absolute Gasteiger partial charge is 0.289 e. The normalized spacial score (nSPS) is 10.8. The van der Waals surface area contributed by atoms with E-state index in [0.29, 0.717) is 11.1 Å². The number of allylic oxidation sites excluding steroid dienone is 1. The highest BCUT2D eigenvalue weighted by atomic mass is 19.1. The van der Waals surface area contributed by atoms with Crippen LogP contribution in [-0.4, -0.2) is 5.78 Å². The molecule has 0 amide bonds. The van der Waals surface area contributed by atoms with E-state index in [1.165, 1.54) is 18.2 Å². The third-order valence-corrected chi connectivity index (χ3v) is 2.61. The maximum atomic E-state index is 12.9. The molecule has 0 bridgehead atoms. The number of ketones is 1. The zero-order valence-electron chi connectivity index (χ0n) is 10.1. The lowest BCUT2D eigenvalue weighted by atomic mass is 10.1. The van der Waals surface area contributed by atoms with Crippen LogP contribution in [0.3, 0.4) is 0 Å². The van der Waals surface area contributed by atoms with Gasteiger partial charge in [0.05, 0.1) is 0 Å². The fraction of sp³-hybridized carbons (Fsp3) is 0.0625. The molecule has 0 aliphatic carbocycles. The Morgan fingerprint density at radius 3 is 2.50 bits per heavy atom. The second-order valence-corrected chi connectivity index (χ2v) is 4.12. The first-order valence-corrected chi connectivity index (χ1v) is 5.70. The molecule has 0 unspecified atom stereocenters. The number of rotatable bonds is 3. The Labute approximate surface area is 106 Å². The second kappa shape index (κ2) is 5.41. The fourth-order valence-electron chi connectivity index (χ4n) is 1.60. The van der Waals surface area contributed by atoms with Crippen molar-refractivity contribution in [2.45, 2.75) is 6.92 Å². The third-order valence-electron chi connectivity index (χ3n) is 2.61. The SMILES string of the molecule is Cc1ccc(C(=O)/C=C\c2cccc(F)c2)cc1. The first kappa shape index (κ1) is 12.2. The van der Waals surface area contributed by atoms with Crippen molar-refractivity contribution in [3.05, 3.63) is 77.1 Å². The van der Waals surface area contributed by atoms with Crippen molar-refractivity contribution in [1.29, 1.82) is 0 Å². The molecule has 18 heavy (non-hydrogen) atoms. The summed E-state index contributed by atoms with van der Waals surface area (Å²) in [5.74, 6) is -0.390. The molecule has 0 fully saturated rings. The van der Waals surface area contributed by atoms with Crippen molar-refractivity contribution < 1.29 is 9.18 Å². The highest BCUT2D eigenvalue weighted by Crippen LogP contribution is 2.08. The maximum absolute atomic E-state index is 12.9. The van der Waals surface area contributed by atoms with Crippen LogP contribution >= 0.6 is 0 Å².